The van der Waals surface area contributed by atoms with Crippen LogP contribution in [-0.2, 0) is 0 Å². The smallest absolute Gasteiger partial charge is 0.129 e. The molecule has 0 saturated carbocycles. The molecule has 0 radical (unpaired) electrons. The molecule has 0 aromatic heterocycles. The van der Waals surface area contributed by atoms with E-state index in [1.807, 2.05) is 13.8 Å². The van der Waals surface area contributed by atoms with Crippen molar-refractivity contribution < 1.29 is 19.0 Å². The van der Waals surface area contributed by atoms with Gasteiger partial charge in [0, 0.05) is 18.2 Å². The van der Waals surface area contributed by atoms with Gasteiger partial charge in [-0.3, -0.25) is 0 Å². The average molecular weight is 273 g/mol. The molecule has 0 aliphatic carbocycles. The minimum Gasteiger partial charge on any atom is -0.396 e. The molecule has 0 aliphatic heterocycles. The van der Waals surface area contributed by atoms with Crippen LogP contribution < -0.4 is 5.32 Å². The second-order valence-corrected chi connectivity index (χ2v) is 4.91. The predicted molar refractivity (Wildman–Crippen MR) is 69.6 cm³/mol. The SMILES string of the molecule is CC(C)C(NCCCO)C(O)c1cc(F)ccc1F. The van der Waals surface area contributed by atoms with Crippen LogP contribution in [0.1, 0.15) is 31.9 Å². The molecule has 0 aliphatic rings. The van der Waals surface area contributed by atoms with Gasteiger partial charge in [-0.15, -0.1) is 0 Å². The van der Waals surface area contributed by atoms with Crippen LogP contribution in [0.25, 0.3) is 0 Å². The molecule has 0 amide bonds. The van der Waals surface area contributed by atoms with E-state index in [0.717, 1.165) is 18.2 Å². The summed E-state index contributed by atoms with van der Waals surface area (Å²) in [7, 11) is 0. The summed E-state index contributed by atoms with van der Waals surface area (Å²) in [6.07, 6.45) is -0.587. The molecule has 0 bridgehead atoms. The van der Waals surface area contributed by atoms with Crippen LogP contribution in [0.3, 0.4) is 0 Å². The standard InChI is InChI=1S/C14H21F2NO2/c1-9(2)13(17-6-3-7-18)14(19)11-8-10(15)4-5-12(11)16/h4-5,8-9,13-14,17-19H,3,6-7H2,1-2H3. The number of hydrogen-bond donors (Lipinski definition) is 3. The summed E-state index contributed by atoms with van der Waals surface area (Å²) in [5.41, 5.74) is -0.0461. The summed E-state index contributed by atoms with van der Waals surface area (Å²) < 4.78 is 26.8. The van der Waals surface area contributed by atoms with Crippen molar-refractivity contribution in [1.82, 2.24) is 5.32 Å². The van der Waals surface area contributed by atoms with Crippen LogP contribution in [-0.4, -0.2) is 29.4 Å². The van der Waals surface area contributed by atoms with Crippen molar-refractivity contribution in [3.8, 4) is 0 Å². The number of hydrogen-bond acceptors (Lipinski definition) is 3. The van der Waals surface area contributed by atoms with E-state index >= 15 is 0 Å². The van der Waals surface area contributed by atoms with Crippen molar-refractivity contribution in [3.63, 3.8) is 0 Å². The van der Waals surface area contributed by atoms with Gasteiger partial charge in [-0.1, -0.05) is 13.8 Å². The van der Waals surface area contributed by atoms with Crippen molar-refractivity contribution >= 4 is 0 Å². The maximum absolute atomic E-state index is 13.6. The third-order valence-electron chi connectivity index (χ3n) is 3.05. The second kappa shape index (κ2) is 7.53. The predicted octanol–water partition coefficient (Wildman–Crippen LogP) is 1.99. The molecular weight excluding hydrogens is 252 g/mol. The molecule has 3 nitrogen and oxygen atoms in total. The summed E-state index contributed by atoms with van der Waals surface area (Å²) in [6.45, 7) is 4.32. The highest BCUT2D eigenvalue weighted by atomic mass is 19.1. The molecule has 0 spiro atoms. The zero-order chi connectivity index (χ0) is 14.4. The van der Waals surface area contributed by atoms with Gasteiger partial charge in [0.05, 0.1) is 6.10 Å². The molecule has 0 fully saturated rings. The molecule has 0 heterocycles. The number of nitrogens with one attached hydrogen (secondary N) is 1. The van der Waals surface area contributed by atoms with E-state index in [1.165, 1.54) is 0 Å². The fourth-order valence-electron chi connectivity index (χ4n) is 1.99. The van der Waals surface area contributed by atoms with Gasteiger partial charge in [-0.05, 0) is 37.1 Å². The molecule has 1 rings (SSSR count). The highest BCUT2D eigenvalue weighted by Crippen LogP contribution is 2.25. The van der Waals surface area contributed by atoms with Gasteiger partial charge in [-0.25, -0.2) is 8.78 Å². The monoisotopic (exact) mass is 273 g/mol. The van der Waals surface area contributed by atoms with E-state index in [0.29, 0.717) is 13.0 Å². The van der Waals surface area contributed by atoms with Crippen LogP contribution >= 0.6 is 0 Å². The number of halogens is 2. The normalized spacial score (nSPS) is 14.7. The third kappa shape index (κ3) is 4.53. The molecule has 0 saturated heterocycles. The Labute approximate surface area is 112 Å². The molecule has 3 N–H and O–H groups in total. The highest BCUT2D eigenvalue weighted by molar-refractivity contribution is 5.22. The Bertz CT molecular complexity index is 399. The first kappa shape index (κ1) is 16.0. The van der Waals surface area contributed by atoms with Crippen LogP contribution in [0.15, 0.2) is 18.2 Å². The largest absolute Gasteiger partial charge is 0.396 e. The molecule has 5 heteroatoms. The Kier molecular flexibility index (Phi) is 6.34. The molecule has 1 aromatic rings. The van der Waals surface area contributed by atoms with Crippen molar-refractivity contribution in [1.29, 1.82) is 0 Å². The average Bonchev–Trinajstić information content (AvgIpc) is 2.36. The van der Waals surface area contributed by atoms with Gasteiger partial charge in [0.2, 0.25) is 0 Å². The Balaban J connectivity index is 2.86. The highest BCUT2D eigenvalue weighted by Gasteiger charge is 2.26. The minimum absolute atomic E-state index is 0.0383. The summed E-state index contributed by atoms with van der Waals surface area (Å²) in [4.78, 5) is 0. The summed E-state index contributed by atoms with van der Waals surface area (Å²) >= 11 is 0. The van der Waals surface area contributed by atoms with Crippen molar-refractivity contribution in [2.75, 3.05) is 13.2 Å². The molecule has 2 unspecified atom stereocenters. The molecule has 1 aromatic carbocycles. The van der Waals surface area contributed by atoms with E-state index < -0.39 is 23.8 Å². The summed E-state index contributed by atoms with van der Waals surface area (Å²) in [5.74, 6) is -1.16. The van der Waals surface area contributed by atoms with E-state index in [2.05, 4.69) is 5.32 Å². The van der Waals surface area contributed by atoms with Crippen LogP contribution in [0.4, 0.5) is 8.78 Å². The molecular formula is C14H21F2NO2. The number of aliphatic hydroxyl groups is 2. The maximum atomic E-state index is 13.6. The molecule has 108 valence electrons. The Morgan fingerprint density at radius 1 is 1.26 bits per heavy atom. The summed E-state index contributed by atoms with van der Waals surface area (Å²) in [6, 6.07) is 2.65. The Hall–Kier alpha value is -1.04. The fraction of sp³-hybridized carbons (Fsp3) is 0.571. The van der Waals surface area contributed by atoms with Gasteiger partial charge < -0.3 is 15.5 Å². The van der Waals surface area contributed by atoms with Gasteiger partial charge in [0.25, 0.3) is 0 Å². The van der Waals surface area contributed by atoms with Crippen LogP contribution in [0, 0.1) is 17.6 Å². The zero-order valence-corrected chi connectivity index (χ0v) is 11.2. The van der Waals surface area contributed by atoms with Gasteiger partial charge in [0.15, 0.2) is 0 Å². The maximum Gasteiger partial charge on any atom is 0.129 e. The third-order valence-corrected chi connectivity index (χ3v) is 3.05. The van der Waals surface area contributed by atoms with E-state index in [1.54, 1.807) is 0 Å². The van der Waals surface area contributed by atoms with Gasteiger partial charge in [-0.2, -0.15) is 0 Å². The quantitative estimate of drug-likeness (QED) is 0.666. The second-order valence-electron chi connectivity index (χ2n) is 4.91. The fourth-order valence-corrected chi connectivity index (χ4v) is 1.99. The first-order chi connectivity index (χ1) is 8.97. The van der Waals surface area contributed by atoms with Crippen molar-refractivity contribution in [2.24, 2.45) is 5.92 Å². The number of aliphatic hydroxyl groups excluding tert-OH is 2. The molecule has 2 atom stereocenters. The van der Waals surface area contributed by atoms with Gasteiger partial charge >= 0.3 is 0 Å². The topological polar surface area (TPSA) is 52.5 Å². The number of benzene rings is 1. The van der Waals surface area contributed by atoms with Crippen molar-refractivity contribution in [2.45, 2.75) is 32.4 Å². The lowest BCUT2D eigenvalue weighted by Gasteiger charge is -2.28. The van der Waals surface area contributed by atoms with Crippen LogP contribution in [0.2, 0.25) is 0 Å². The lowest BCUT2D eigenvalue weighted by molar-refractivity contribution is 0.100. The van der Waals surface area contributed by atoms with E-state index in [4.69, 9.17) is 5.11 Å². The Morgan fingerprint density at radius 3 is 2.53 bits per heavy atom. The van der Waals surface area contributed by atoms with Crippen LogP contribution in [0.5, 0.6) is 0 Å². The first-order valence-electron chi connectivity index (χ1n) is 6.44. The van der Waals surface area contributed by atoms with Crippen molar-refractivity contribution in [3.05, 3.63) is 35.4 Å². The van der Waals surface area contributed by atoms with E-state index in [-0.39, 0.29) is 18.1 Å². The lowest BCUT2D eigenvalue weighted by atomic mass is 9.93. The lowest BCUT2D eigenvalue weighted by Crippen LogP contribution is -2.40. The summed E-state index contributed by atoms with van der Waals surface area (Å²) in [5, 5.41) is 22.0. The van der Waals surface area contributed by atoms with E-state index in [9.17, 15) is 13.9 Å². The minimum atomic E-state index is -1.13. The van der Waals surface area contributed by atoms with Gasteiger partial charge in [0.1, 0.15) is 11.6 Å². The zero-order valence-electron chi connectivity index (χ0n) is 11.2. The number of rotatable bonds is 7. The first-order valence-corrected chi connectivity index (χ1v) is 6.44. The Morgan fingerprint density at radius 2 is 1.95 bits per heavy atom. The molecule has 19 heavy (non-hydrogen) atoms.